The number of fused-ring (bicyclic) bond motifs is 1. The van der Waals surface area contributed by atoms with Gasteiger partial charge in [-0.3, -0.25) is 16.4 Å². The maximum atomic E-state index is 5.67. The number of hydrogen-bond acceptors (Lipinski definition) is 5. The molecule has 2 heterocycles. The lowest BCUT2D eigenvalue weighted by molar-refractivity contribution is 0.132. The van der Waals surface area contributed by atoms with E-state index in [1.807, 2.05) is 18.2 Å². The van der Waals surface area contributed by atoms with Crippen LogP contribution in [-0.2, 0) is 6.54 Å². The van der Waals surface area contributed by atoms with Crippen molar-refractivity contribution in [2.75, 3.05) is 18.4 Å². The van der Waals surface area contributed by atoms with E-state index in [4.69, 9.17) is 16.2 Å². The monoisotopic (exact) mass is 206 g/mol. The van der Waals surface area contributed by atoms with E-state index in [0.29, 0.717) is 0 Å². The molecule has 3 rings (SSSR count). The largest absolute Gasteiger partial charge is 0.439 e. The number of anilines is 1. The van der Waals surface area contributed by atoms with Gasteiger partial charge < -0.3 is 10.1 Å². The van der Waals surface area contributed by atoms with E-state index in [1.54, 1.807) is 0 Å². The molecule has 2 aliphatic rings. The average Bonchev–Trinajstić information content (AvgIpc) is 2.88. The van der Waals surface area contributed by atoms with Gasteiger partial charge >= 0.3 is 0 Å². The number of benzene rings is 1. The molecule has 5 nitrogen and oxygen atoms in total. The molecule has 1 fully saturated rings. The number of hydrogen-bond donors (Lipinski definition) is 3. The Balaban J connectivity index is 1.93. The third-order valence-corrected chi connectivity index (χ3v) is 2.63. The van der Waals surface area contributed by atoms with Gasteiger partial charge in [0.2, 0.25) is 0 Å². The van der Waals surface area contributed by atoms with Crippen LogP contribution in [0.2, 0.25) is 0 Å². The van der Waals surface area contributed by atoms with Gasteiger partial charge in [-0.15, -0.1) is 0 Å². The number of rotatable bonds is 2. The number of para-hydroxylation sites is 1. The Labute approximate surface area is 88.0 Å². The first-order valence-corrected chi connectivity index (χ1v) is 5.03. The Kier molecular flexibility index (Phi) is 1.70. The Morgan fingerprint density at radius 1 is 1.40 bits per heavy atom. The normalized spacial score (nSPS) is 21.7. The maximum absolute atomic E-state index is 5.67. The minimum Gasteiger partial charge on any atom is -0.439 e. The van der Waals surface area contributed by atoms with E-state index in [9.17, 15) is 0 Å². The van der Waals surface area contributed by atoms with Gasteiger partial charge in [-0.2, -0.15) is 0 Å². The fourth-order valence-electron chi connectivity index (χ4n) is 1.80. The van der Waals surface area contributed by atoms with Crippen LogP contribution in [0.3, 0.4) is 0 Å². The molecule has 0 spiro atoms. The molecule has 2 aliphatic heterocycles. The van der Waals surface area contributed by atoms with E-state index in [1.165, 1.54) is 0 Å². The van der Waals surface area contributed by atoms with E-state index >= 15 is 0 Å². The predicted molar refractivity (Wildman–Crippen MR) is 57.1 cm³/mol. The molecule has 0 unspecified atom stereocenters. The highest BCUT2D eigenvalue weighted by Gasteiger charge is 2.33. The van der Waals surface area contributed by atoms with Crippen LogP contribution in [-0.4, -0.2) is 24.0 Å². The van der Waals surface area contributed by atoms with Crippen LogP contribution in [0.5, 0.6) is 5.75 Å². The fourth-order valence-corrected chi connectivity index (χ4v) is 1.80. The molecule has 1 saturated heterocycles. The van der Waals surface area contributed by atoms with Crippen molar-refractivity contribution >= 4 is 5.69 Å². The van der Waals surface area contributed by atoms with E-state index in [0.717, 1.165) is 36.6 Å². The summed E-state index contributed by atoms with van der Waals surface area (Å²) in [6.45, 7) is 3.22. The minimum atomic E-state index is -1.27. The zero-order valence-corrected chi connectivity index (χ0v) is 8.36. The van der Waals surface area contributed by atoms with Crippen LogP contribution in [0, 0.1) is 0 Å². The van der Waals surface area contributed by atoms with E-state index in [2.05, 4.69) is 10.2 Å². The second-order valence-corrected chi connectivity index (χ2v) is 4.09. The summed E-state index contributed by atoms with van der Waals surface area (Å²) < 4.78 is 5.47. The van der Waals surface area contributed by atoms with Crippen LogP contribution in [0.1, 0.15) is 5.56 Å². The summed E-state index contributed by atoms with van der Waals surface area (Å²) in [6, 6.07) is 5.94. The van der Waals surface area contributed by atoms with Gasteiger partial charge in [-0.05, 0) is 6.07 Å². The predicted octanol–water partition coefficient (Wildman–Crippen LogP) is -0.165. The molecular weight excluding hydrogens is 192 g/mol. The summed E-state index contributed by atoms with van der Waals surface area (Å²) in [7, 11) is 0. The summed E-state index contributed by atoms with van der Waals surface area (Å²) in [5.41, 5.74) is 13.4. The summed E-state index contributed by atoms with van der Waals surface area (Å²) in [6.07, 6.45) is 0. The van der Waals surface area contributed by atoms with Crippen molar-refractivity contribution in [2.45, 2.75) is 12.5 Å². The van der Waals surface area contributed by atoms with Gasteiger partial charge in [0.25, 0.3) is 5.97 Å². The number of ether oxygens (including phenoxy) is 1. The molecule has 15 heavy (non-hydrogen) atoms. The summed E-state index contributed by atoms with van der Waals surface area (Å²) >= 11 is 0. The first-order chi connectivity index (χ1) is 7.14. The highest BCUT2D eigenvalue weighted by Crippen LogP contribution is 2.37. The number of nitrogens with two attached hydrogens (primary N) is 2. The molecule has 80 valence electrons. The molecule has 5 N–H and O–H groups in total. The van der Waals surface area contributed by atoms with Gasteiger partial charge in [-0.25, -0.2) is 0 Å². The van der Waals surface area contributed by atoms with Crippen molar-refractivity contribution in [1.29, 1.82) is 0 Å². The first-order valence-electron chi connectivity index (χ1n) is 5.03. The maximum Gasteiger partial charge on any atom is 0.296 e. The van der Waals surface area contributed by atoms with Gasteiger partial charge in [-0.1, -0.05) is 12.1 Å². The van der Waals surface area contributed by atoms with E-state index < -0.39 is 5.97 Å². The molecule has 0 saturated carbocycles. The van der Waals surface area contributed by atoms with Gasteiger partial charge in [0.1, 0.15) is 0 Å². The van der Waals surface area contributed by atoms with Crippen molar-refractivity contribution in [1.82, 2.24) is 4.90 Å². The summed E-state index contributed by atoms with van der Waals surface area (Å²) in [5.74, 6) is -0.480. The zero-order chi connectivity index (χ0) is 10.5. The average molecular weight is 206 g/mol. The van der Waals surface area contributed by atoms with Gasteiger partial charge in [0, 0.05) is 25.2 Å². The fraction of sp³-hybridized carbons (Fsp3) is 0.400. The molecule has 0 radical (unpaired) electrons. The van der Waals surface area contributed by atoms with Crippen molar-refractivity contribution < 1.29 is 4.74 Å². The highest BCUT2D eigenvalue weighted by atomic mass is 16.6. The molecule has 0 aliphatic carbocycles. The quantitative estimate of drug-likeness (QED) is 0.463. The van der Waals surface area contributed by atoms with Crippen LogP contribution in [0.4, 0.5) is 5.69 Å². The number of nitrogens with one attached hydrogen (secondary N) is 1. The zero-order valence-electron chi connectivity index (χ0n) is 8.36. The third-order valence-electron chi connectivity index (χ3n) is 2.63. The Morgan fingerprint density at radius 2 is 2.20 bits per heavy atom. The van der Waals surface area contributed by atoms with Crippen molar-refractivity contribution in [2.24, 2.45) is 11.5 Å². The lowest BCUT2D eigenvalue weighted by atomic mass is 10.2. The standard InChI is InChI=1S/C10H14N4O/c11-10(12)13-8-3-1-2-7(9(8)15-10)6-14-4-5-14/h1-3,13H,4-6,11-12H2. The van der Waals surface area contributed by atoms with Crippen molar-refractivity contribution in [3.05, 3.63) is 23.8 Å². The van der Waals surface area contributed by atoms with E-state index in [-0.39, 0.29) is 0 Å². The highest BCUT2D eigenvalue weighted by molar-refractivity contribution is 5.64. The topological polar surface area (TPSA) is 76.3 Å². The molecule has 5 heteroatoms. The Morgan fingerprint density at radius 3 is 2.93 bits per heavy atom. The molecule has 0 bridgehead atoms. The lowest BCUT2D eigenvalue weighted by Crippen LogP contribution is -2.58. The SMILES string of the molecule is NC1(N)Nc2cccc(CN3CC3)c2O1. The van der Waals surface area contributed by atoms with Crippen LogP contribution >= 0.6 is 0 Å². The molecule has 0 amide bonds. The van der Waals surface area contributed by atoms with Crippen LogP contribution in [0.25, 0.3) is 0 Å². The van der Waals surface area contributed by atoms with Crippen LogP contribution < -0.4 is 21.5 Å². The second kappa shape index (κ2) is 2.85. The van der Waals surface area contributed by atoms with Gasteiger partial charge in [0.15, 0.2) is 5.75 Å². The Bertz CT molecular complexity index is 400. The first kappa shape index (κ1) is 8.96. The van der Waals surface area contributed by atoms with Gasteiger partial charge in [0.05, 0.1) is 5.69 Å². The molecule has 1 aromatic carbocycles. The third kappa shape index (κ3) is 1.65. The van der Waals surface area contributed by atoms with Crippen LogP contribution in [0.15, 0.2) is 18.2 Å². The Hall–Kier alpha value is -1.30. The molecule has 1 aromatic rings. The van der Waals surface area contributed by atoms with Crippen molar-refractivity contribution in [3.63, 3.8) is 0 Å². The smallest absolute Gasteiger partial charge is 0.296 e. The lowest BCUT2D eigenvalue weighted by Gasteiger charge is -2.17. The molecular formula is C10H14N4O. The molecule has 0 aromatic heterocycles. The van der Waals surface area contributed by atoms with Crippen molar-refractivity contribution in [3.8, 4) is 5.75 Å². The number of nitrogens with zero attached hydrogens (tertiary/aromatic N) is 1. The molecule has 0 atom stereocenters. The summed E-state index contributed by atoms with van der Waals surface area (Å²) in [4.78, 5) is 2.31. The minimum absolute atomic E-state index is 0.786. The second-order valence-electron chi connectivity index (χ2n) is 4.09. The summed E-state index contributed by atoms with van der Waals surface area (Å²) in [5, 5.41) is 2.92.